The third-order valence-corrected chi connectivity index (χ3v) is 4.42. The van der Waals surface area contributed by atoms with Crippen LogP contribution in [0, 0.1) is 5.92 Å². The Balaban J connectivity index is 1.70. The summed E-state index contributed by atoms with van der Waals surface area (Å²) in [7, 11) is 3.92. The van der Waals surface area contributed by atoms with Gasteiger partial charge < -0.3 is 19.7 Å². The van der Waals surface area contributed by atoms with Crippen LogP contribution in [0.2, 0.25) is 0 Å². The minimum absolute atomic E-state index is 0.0769. The minimum Gasteiger partial charge on any atom is -0.489 e. The third kappa shape index (κ3) is 6.40. The molecular formula is C19H31N3O2. The number of nitrogens with one attached hydrogen (secondary N) is 1. The average Bonchev–Trinajstić information content (AvgIpc) is 2.62. The Hall–Kier alpha value is -1.75. The fourth-order valence-corrected chi connectivity index (χ4v) is 2.91. The SMILES string of the molecule is CN=C(NCC(C)Oc1ccccc1)N(C)CCC1CCOCC1. The zero-order chi connectivity index (χ0) is 17.2. The van der Waals surface area contributed by atoms with Gasteiger partial charge in [-0.05, 0) is 44.2 Å². The molecule has 1 N–H and O–H groups in total. The van der Waals surface area contributed by atoms with E-state index in [2.05, 4.69) is 29.2 Å². The average molecular weight is 333 g/mol. The van der Waals surface area contributed by atoms with Crippen molar-refractivity contribution in [2.24, 2.45) is 10.9 Å². The zero-order valence-corrected chi connectivity index (χ0v) is 15.2. The van der Waals surface area contributed by atoms with Gasteiger partial charge in [-0.3, -0.25) is 4.99 Å². The predicted molar refractivity (Wildman–Crippen MR) is 98.7 cm³/mol. The van der Waals surface area contributed by atoms with Crippen molar-refractivity contribution in [3.8, 4) is 5.75 Å². The van der Waals surface area contributed by atoms with Crippen LogP contribution in [-0.4, -0.2) is 57.4 Å². The molecule has 1 unspecified atom stereocenters. The number of hydrogen-bond donors (Lipinski definition) is 1. The first-order valence-corrected chi connectivity index (χ1v) is 8.90. The molecule has 5 heteroatoms. The van der Waals surface area contributed by atoms with Crippen LogP contribution in [0.3, 0.4) is 0 Å². The first-order valence-electron chi connectivity index (χ1n) is 8.90. The van der Waals surface area contributed by atoms with Crippen molar-refractivity contribution >= 4 is 5.96 Å². The van der Waals surface area contributed by atoms with Crippen LogP contribution in [0.5, 0.6) is 5.75 Å². The molecular weight excluding hydrogens is 302 g/mol. The number of ether oxygens (including phenoxy) is 2. The number of para-hydroxylation sites is 1. The van der Waals surface area contributed by atoms with E-state index < -0.39 is 0 Å². The van der Waals surface area contributed by atoms with Gasteiger partial charge in [-0.25, -0.2) is 0 Å². The molecule has 0 saturated carbocycles. The lowest BCUT2D eigenvalue weighted by Gasteiger charge is -2.27. The highest BCUT2D eigenvalue weighted by atomic mass is 16.5. The molecule has 2 rings (SSSR count). The number of nitrogens with zero attached hydrogens (tertiary/aromatic N) is 2. The molecule has 1 heterocycles. The lowest BCUT2D eigenvalue weighted by atomic mass is 9.96. The second kappa shape index (κ2) is 10.2. The molecule has 0 bridgehead atoms. The molecule has 1 aliphatic heterocycles. The highest BCUT2D eigenvalue weighted by Gasteiger charge is 2.15. The van der Waals surface area contributed by atoms with Crippen molar-refractivity contribution < 1.29 is 9.47 Å². The Morgan fingerprint density at radius 2 is 2.04 bits per heavy atom. The molecule has 1 aromatic rings. The van der Waals surface area contributed by atoms with Crippen molar-refractivity contribution in [1.29, 1.82) is 0 Å². The molecule has 1 atom stereocenters. The Kier molecular flexibility index (Phi) is 7.89. The molecule has 0 aromatic heterocycles. The zero-order valence-electron chi connectivity index (χ0n) is 15.2. The summed E-state index contributed by atoms with van der Waals surface area (Å²) >= 11 is 0. The molecule has 1 aliphatic rings. The van der Waals surface area contributed by atoms with Crippen LogP contribution < -0.4 is 10.1 Å². The van der Waals surface area contributed by atoms with Crippen molar-refractivity contribution in [1.82, 2.24) is 10.2 Å². The van der Waals surface area contributed by atoms with Gasteiger partial charge in [0.1, 0.15) is 11.9 Å². The van der Waals surface area contributed by atoms with Crippen LogP contribution >= 0.6 is 0 Å². The summed E-state index contributed by atoms with van der Waals surface area (Å²) in [6, 6.07) is 9.92. The topological polar surface area (TPSA) is 46.1 Å². The van der Waals surface area contributed by atoms with E-state index in [9.17, 15) is 0 Å². The summed E-state index contributed by atoms with van der Waals surface area (Å²) in [5, 5.41) is 3.40. The van der Waals surface area contributed by atoms with E-state index in [-0.39, 0.29) is 6.10 Å². The smallest absolute Gasteiger partial charge is 0.193 e. The number of rotatable bonds is 7. The van der Waals surface area contributed by atoms with E-state index in [1.54, 1.807) is 0 Å². The first-order chi connectivity index (χ1) is 11.7. The lowest BCUT2D eigenvalue weighted by molar-refractivity contribution is 0.0625. The van der Waals surface area contributed by atoms with Gasteiger partial charge in [-0.1, -0.05) is 18.2 Å². The quantitative estimate of drug-likeness (QED) is 0.616. The van der Waals surface area contributed by atoms with Crippen LogP contribution in [0.25, 0.3) is 0 Å². The largest absolute Gasteiger partial charge is 0.489 e. The molecule has 0 aliphatic carbocycles. The van der Waals surface area contributed by atoms with Crippen LogP contribution in [0.4, 0.5) is 0 Å². The summed E-state index contributed by atoms with van der Waals surface area (Å²) in [5.41, 5.74) is 0. The highest BCUT2D eigenvalue weighted by molar-refractivity contribution is 5.79. The lowest BCUT2D eigenvalue weighted by Crippen LogP contribution is -2.43. The van der Waals surface area contributed by atoms with Gasteiger partial charge in [0, 0.05) is 33.9 Å². The summed E-state index contributed by atoms with van der Waals surface area (Å²) in [4.78, 5) is 6.58. The maximum Gasteiger partial charge on any atom is 0.193 e. The van der Waals surface area contributed by atoms with Crippen LogP contribution in [-0.2, 0) is 4.74 Å². The summed E-state index contributed by atoms with van der Waals surface area (Å²) in [6.07, 6.45) is 3.63. The van der Waals surface area contributed by atoms with Gasteiger partial charge in [0.2, 0.25) is 0 Å². The second-order valence-corrected chi connectivity index (χ2v) is 6.44. The molecule has 24 heavy (non-hydrogen) atoms. The number of benzene rings is 1. The molecule has 1 fully saturated rings. The third-order valence-electron chi connectivity index (χ3n) is 4.42. The standard InChI is InChI=1S/C19H31N3O2/c1-16(24-18-7-5-4-6-8-18)15-21-19(20-2)22(3)12-9-17-10-13-23-14-11-17/h4-8,16-17H,9-15H2,1-3H3,(H,20,21). The predicted octanol–water partition coefficient (Wildman–Crippen LogP) is 2.78. The monoisotopic (exact) mass is 333 g/mol. The fraction of sp³-hybridized carbons (Fsp3) is 0.632. The van der Waals surface area contributed by atoms with Gasteiger partial charge in [0.15, 0.2) is 5.96 Å². The Labute approximate surface area is 146 Å². The summed E-state index contributed by atoms with van der Waals surface area (Å²) < 4.78 is 11.3. The normalized spacial score (nSPS) is 17.4. The van der Waals surface area contributed by atoms with E-state index in [1.165, 1.54) is 19.3 Å². The van der Waals surface area contributed by atoms with Crippen molar-refractivity contribution in [3.63, 3.8) is 0 Å². The maximum absolute atomic E-state index is 5.89. The molecule has 1 aromatic carbocycles. The number of hydrogen-bond acceptors (Lipinski definition) is 3. The molecule has 0 radical (unpaired) electrons. The van der Waals surface area contributed by atoms with E-state index in [1.807, 2.05) is 37.4 Å². The van der Waals surface area contributed by atoms with E-state index in [0.717, 1.165) is 43.9 Å². The van der Waals surface area contributed by atoms with Crippen LogP contribution in [0.15, 0.2) is 35.3 Å². The van der Waals surface area contributed by atoms with E-state index >= 15 is 0 Å². The Bertz CT molecular complexity index is 487. The van der Waals surface area contributed by atoms with Crippen molar-refractivity contribution in [2.75, 3.05) is 40.4 Å². The Morgan fingerprint density at radius 1 is 1.33 bits per heavy atom. The first kappa shape index (κ1) is 18.6. The summed E-state index contributed by atoms with van der Waals surface area (Å²) in [6.45, 7) is 5.63. The second-order valence-electron chi connectivity index (χ2n) is 6.44. The van der Waals surface area contributed by atoms with Crippen LogP contribution in [0.1, 0.15) is 26.2 Å². The van der Waals surface area contributed by atoms with Gasteiger partial charge >= 0.3 is 0 Å². The maximum atomic E-state index is 5.89. The fourth-order valence-electron chi connectivity index (χ4n) is 2.91. The van der Waals surface area contributed by atoms with Gasteiger partial charge in [0.25, 0.3) is 0 Å². The molecule has 1 saturated heterocycles. The van der Waals surface area contributed by atoms with Crippen molar-refractivity contribution in [2.45, 2.75) is 32.3 Å². The van der Waals surface area contributed by atoms with Crippen molar-refractivity contribution in [3.05, 3.63) is 30.3 Å². The Morgan fingerprint density at radius 3 is 2.71 bits per heavy atom. The number of guanidine groups is 1. The molecule has 0 amide bonds. The molecule has 0 spiro atoms. The van der Waals surface area contributed by atoms with E-state index in [4.69, 9.17) is 9.47 Å². The molecule has 5 nitrogen and oxygen atoms in total. The highest BCUT2D eigenvalue weighted by Crippen LogP contribution is 2.18. The van der Waals surface area contributed by atoms with E-state index in [0.29, 0.717) is 0 Å². The summed E-state index contributed by atoms with van der Waals surface area (Å²) in [5.74, 6) is 2.60. The molecule has 134 valence electrons. The van der Waals surface area contributed by atoms with Gasteiger partial charge in [0.05, 0.1) is 6.54 Å². The van der Waals surface area contributed by atoms with Gasteiger partial charge in [-0.15, -0.1) is 0 Å². The number of aliphatic imine (C=N–C) groups is 1. The minimum atomic E-state index is 0.0769. The van der Waals surface area contributed by atoms with Gasteiger partial charge in [-0.2, -0.15) is 0 Å².